The van der Waals surface area contributed by atoms with Gasteiger partial charge in [-0.1, -0.05) is 0 Å². The monoisotopic (exact) mass is 308 g/mol. The standard InChI is InChI=1S/C17H28N2O3/c1-5-15-16(6-2)22-14(12-21-15)11-19-9-7-17(4,8-10-19)18-13(3)20/h5-6,14H,7-12H2,1-4H3,(H,18,20)/b15-5+,16-6+. The van der Waals surface area contributed by atoms with E-state index in [1.807, 2.05) is 26.0 Å². The molecule has 2 heterocycles. The Morgan fingerprint density at radius 2 is 1.95 bits per heavy atom. The van der Waals surface area contributed by atoms with Gasteiger partial charge in [0.25, 0.3) is 0 Å². The van der Waals surface area contributed by atoms with E-state index in [0.717, 1.165) is 44.0 Å². The summed E-state index contributed by atoms with van der Waals surface area (Å²) < 4.78 is 11.8. The molecule has 22 heavy (non-hydrogen) atoms. The highest BCUT2D eigenvalue weighted by atomic mass is 16.6. The first-order valence-corrected chi connectivity index (χ1v) is 8.09. The van der Waals surface area contributed by atoms with Crippen LogP contribution in [-0.2, 0) is 14.3 Å². The van der Waals surface area contributed by atoms with Gasteiger partial charge in [-0.3, -0.25) is 9.69 Å². The van der Waals surface area contributed by atoms with E-state index >= 15 is 0 Å². The lowest BCUT2D eigenvalue weighted by atomic mass is 9.89. The summed E-state index contributed by atoms with van der Waals surface area (Å²) >= 11 is 0. The highest BCUT2D eigenvalue weighted by Gasteiger charge is 2.32. The molecule has 5 heteroatoms. The molecule has 1 amide bonds. The first-order chi connectivity index (χ1) is 10.5. The van der Waals surface area contributed by atoms with Crippen molar-refractivity contribution in [3.05, 3.63) is 23.7 Å². The number of ether oxygens (including phenoxy) is 2. The van der Waals surface area contributed by atoms with Crippen molar-refractivity contribution in [2.75, 3.05) is 26.2 Å². The maximum Gasteiger partial charge on any atom is 0.217 e. The summed E-state index contributed by atoms with van der Waals surface area (Å²) in [6, 6.07) is 0. The molecule has 2 saturated heterocycles. The Bertz CT molecular complexity index is 463. The van der Waals surface area contributed by atoms with Crippen LogP contribution in [0.2, 0.25) is 0 Å². The Morgan fingerprint density at radius 1 is 1.32 bits per heavy atom. The second-order valence-electron chi connectivity index (χ2n) is 6.40. The zero-order valence-corrected chi connectivity index (χ0v) is 14.1. The van der Waals surface area contributed by atoms with Gasteiger partial charge in [0.15, 0.2) is 11.5 Å². The largest absolute Gasteiger partial charge is 0.486 e. The molecule has 0 radical (unpaired) electrons. The third kappa shape index (κ3) is 4.26. The lowest BCUT2D eigenvalue weighted by Crippen LogP contribution is -2.54. The summed E-state index contributed by atoms with van der Waals surface area (Å²) in [5.74, 6) is 1.71. The molecule has 1 atom stereocenters. The van der Waals surface area contributed by atoms with Crippen LogP contribution >= 0.6 is 0 Å². The van der Waals surface area contributed by atoms with Crippen LogP contribution in [0.4, 0.5) is 0 Å². The Kier molecular flexibility index (Phi) is 5.51. The first kappa shape index (κ1) is 16.9. The summed E-state index contributed by atoms with van der Waals surface area (Å²) in [5.41, 5.74) is -0.0706. The predicted molar refractivity (Wildman–Crippen MR) is 86.2 cm³/mol. The second-order valence-corrected chi connectivity index (χ2v) is 6.40. The van der Waals surface area contributed by atoms with Crippen molar-refractivity contribution in [1.82, 2.24) is 10.2 Å². The fraction of sp³-hybridized carbons (Fsp3) is 0.706. The average molecular weight is 308 g/mol. The fourth-order valence-electron chi connectivity index (χ4n) is 3.12. The van der Waals surface area contributed by atoms with E-state index in [4.69, 9.17) is 9.47 Å². The Balaban J connectivity index is 1.83. The molecule has 0 spiro atoms. The normalized spacial score (nSPS) is 29.0. The summed E-state index contributed by atoms with van der Waals surface area (Å²) in [7, 11) is 0. The minimum Gasteiger partial charge on any atom is -0.486 e. The number of hydrogen-bond donors (Lipinski definition) is 1. The van der Waals surface area contributed by atoms with Crippen molar-refractivity contribution in [2.24, 2.45) is 0 Å². The van der Waals surface area contributed by atoms with Crippen molar-refractivity contribution in [3.8, 4) is 0 Å². The van der Waals surface area contributed by atoms with Crippen molar-refractivity contribution in [3.63, 3.8) is 0 Å². The molecule has 2 aliphatic rings. The molecule has 1 unspecified atom stereocenters. The van der Waals surface area contributed by atoms with E-state index in [9.17, 15) is 4.79 Å². The van der Waals surface area contributed by atoms with Gasteiger partial charge in [0, 0.05) is 32.1 Å². The molecule has 2 rings (SSSR count). The third-order valence-electron chi connectivity index (χ3n) is 4.38. The quantitative estimate of drug-likeness (QED) is 0.868. The van der Waals surface area contributed by atoms with E-state index in [1.54, 1.807) is 6.92 Å². The number of nitrogens with one attached hydrogen (secondary N) is 1. The van der Waals surface area contributed by atoms with Gasteiger partial charge in [-0.2, -0.15) is 0 Å². The molecule has 0 aromatic rings. The number of likely N-dealkylation sites (tertiary alicyclic amines) is 1. The number of piperidine rings is 1. The highest BCUT2D eigenvalue weighted by Crippen LogP contribution is 2.25. The molecule has 2 aliphatic heterocycles. The van der Waals surface area contributed by atoms with Crippen molar-refractivity contribution < 1.29 is 14.3 Å². The van der Waals surface area contributed by atoms with Crippen LogP contribution in [0.1, 0.15) is 40.5 Å². The zero-order valence-electron chi connectivity index (χ0n) is 14.1. The minimum absolute atomic E-state index is 0.0524. The van der Waals surface area contributed by atoms with Crippen LogP contribution in [-0.4, -0.2) is 48.7 Å². The van der Waals surface area contributed by atoms with Gasteiger partial charge >= 0.3 is 0 Å². The van der Waals surface area contributed by atoms with Gasteiger partial charge in [-0.15, -0.1) is 0 Å². The van der Waals surface area contributed by atoms with Crippen molar-refractivity contribution in [2.45, 2.75) is 52.2 Å². The molecule has 0 saturated carbocycles. The molecule has 2 fully saturated rings. The number of rotatable bonds is 3. The van der Waals surface area contributed by atoms with E-state index < -0.39 is 0 Å². The maximum atomic E-state index is 11.3. The molecule has 0 aliphatic carbocycles. The molecular formula is C17H28N2O3. The van der Waals surface area contributed by atoms with Gasteiger partial charge in [0.1, 0.15) is 12.7 Å². The smallest absolute Gasteiger partial charge is 0.217 e. The number of allylic oxidation sites excluding steroid dienone is 2. The topological polar surface area (TPSA) is 50.8 Å². The number of carbonyl (C=O) groups is 1. The lowest BCUT2D eigenvalue weighted by Gasteiger charge is -2.41. The van der Waals surface area contributed by atoms with Crippen LogP contribution < -0.4 is 5.32 Å². The SMILES string of the molecule is C/C=C1/OCC(CN2CCC(C)(NC(C)=O)CC2)O/C1=C/C. The third-order valence-corrected chi connectivity index (χ3v) is 4.38. The second kappa shape index (κ2) is 7.18. The summed E-state index contributed by atoms with van der Waals surface area (Å²) in [4.78, 5) is 13.7. The van der Waals surface area contributed by atoms with Crippen LogP contribution in [0.3, 0.4) is 0 Å². The summed E-state index contributed by atoms with van der Waals surface area (Å²) in [5, 5.41) is 3.07. The predicted octanol–water partition coefficient (Wildman–Crippen LogP) is 2.20. The summed E-state index contributed by atoms with van der Waals surface area (Å²) in [6.07, 6.45) is 5.89. The van der Waals surface area contributed by atoms with E-state index in [1.165, 1.54) is 0 Å². The van der Waals surface area contributed by atoms with Crippen LogP contribution in [0, 0.1) is 0 Å². The van der Waals surface area contributed by atoms with Crippen molar-refractivity contribution >= 4 is 5.91 Å². The molecule has 5 nitrogen and oxygen atoms in total. The maximum absolute atomic E-state index is 11.3. The van der Waals surface area contributed by atoms with Gasteiger partial charge in [-0.25, -0.2) is 0 Å². The molecular weight excluding hydrogens is 280 g/mol. The van der Waals surface area contributed by atoms with Gasteiger partial charge in [0.05, 0.1) is 0 Å². The van der Waals surface area contributed by atoms with E-state index in [0.29, 0.717) is 6.61 Å². The number of nitrogens with zero attached hydrogens (tertiary/aromatic N) is 1. The molecule has 0 aromatic heterocycles. The molecule has 0 aromatic carbocycles. The Labute approximate surface area is 133 Å². The first-order valence-electron chi connectivity index (χ1n) is 8.09. The summed E-state index contributed by atoms with van der Waals surface area (Å²) in [6.45, 7) is 11.0. The average Bonchev–Trinajstić information content (AvgIpc) is 2.48. The van der Waals surface area contributed by atoms with Gasteiger partial charge in [0.2, 0.25) is 5.91 Å². The van der Waals surface area contributed by atoms with E-state index in [2.05, 4.69) is 17.1 Å². The van der Waals surface area contributed by atoms with Gasteiger partial charge < -0.3 is 14.8 Å². The molecule has 124 valence electrons. The Morgan fingerprint density at radius 3 is 2.50 bits per heavy atom. The lowest BCUT2D eigenvalue weighted by molar-refractivity contribution is -0.121. The number of hydrogen-bond acceptors (Lipinski definition) is 4. The number of amides is 1. The van der Waals surface area contributed by atoms with Crippen molar-refractivity contribution in [1.29, 1.82) is 0 Å². The minimum atomic E-state index is -0.0706. The molecule has 0 bridgehead atoms. The Hall–Kier alpha value is -1.49. The van der Waals surface area contributed by atoms with E-state index in [-0.39, 0.29) is 17.6 Å². The number of carbonyl (C=O) groups excluding carboxylic acids is 1. The molecule has 1 N–H and O–H groups in total. The van der Waals surface area contributed by atoms with Crippen LogP contribution in [0.25, 0.3) is 0 Å². The highest BCUT2D eigenvalue weighted by molar-refractivity contribution is 5.73. The fourth-order valence-corrected chi connectivity index (χ4v) is 3.12. The van der Waals surface area contributed by atoms with Crippen LogP contribution in [0.5, 0.6) is 0 Å². The van der Waals surface area contributed by atoms with Gasteiger partial charge in [-0.05, 0) is 45.8 Å². The zero-order chi connectivity index (χ0) is 16.2. The van der Waals surface area contributed by atoms with Crippen LogP contribution in [0.15, 0.2) is 23.7 Å².